The summed E-state index contributed by atoms with van der Waals surface area (Å²) in [5.74, 6) is 27.1. The molecule has 0 spiro atoms. The number of benzene rings is 2. The highest BCUT2D eigenvalue weighted by atomic mass is 13.8. The highest BCUT2D eigenvalue weighted by molar-refractivity contribution is 5.46. The Labute approximate surface area is 131 Å². The maximum Gasteiger partial charge on any atom is 0.0255 e. The molecule has 0 N–H and O–H groups in total. The van der Waals surface area contributed by atoms with E-state index >= 15 is 0 Å². The lowest BCUT2D eigenvalue weighted by Crippen LogP contribution is -1.69. The van der Waals surface area contributed by atoms with E-state index in [0.717, 1.165) is 11.1 Å². The van der Waals surface area contributed by atoms with E-state index in [4.69, 9.17) is 0 Å². The Bertz CT molecular complexity index is 842. The molecule has 0 aliphatic carbocycles. The van der Waals surface area contributed by atoms with Crippen LogP contribution in [0, 0.1) is 59.2 Å². The minimum absolute atomic E-state index is 0.931. The highest BCUT2D eigenvalue weighted by Gasteiger charge is 1.79. The van der Waals surface area contributed by atoms with Gasteiger partial charge in [-0.05, 0) is 71.6 Å². The molecule has 0 atom stereocenters. The van der Waals surface area contributed by atoms with Crippen LogP contribution in [0.3, 0.4) is 0 Å². The summed E-state index contributed by atoms with van der Waals surface area (Å²) in [4.78, 5) is 0. The van der Waals surface area contributed by atoms with Crippen molar-refractivity contribution < 1.29 is 0 Å². The smallest absolute Gasteiger partial charge is 0.0255 e. The fourth-order valence-electron chi connectivity index (χ4n) is 1.44. The molecule has 0 amide bonds. The third-order valence-corrected chi connectivity index (χ3v) is 2.40. The van der Waals surface area contributed by atoms with Crippen molar-refractivity contribution in [3.63, 3.8) is 0 Å². The van der Waals surface area contributed by atoms with Gasteiger partial charge in [0.1, 0.15) is 0 Å². The zero-order valence-corrected chi connectivity index (χ0v) is 11.8. The van der Waals surface area contributed by atoms with Crippen molar-refractivity contribution in [2.45, 2.75) is 0 Å². The SMILES string of the molecule is C(#CC#CC#Cc1ccccc1)C#CC#Cc1ccccc1. The van der Waals surface area contributed by atoms with Crippen LogP contribution in [0.2, 0.25) is 0 Å². The predicted molar refractivity (Wildman–Crippen MR) is 90.0 cm³/mol. The zero-order chi connectivity index (χ0) is 15.3. The fraction of sp³-hybridized carbons (Fsp3) is 0. The van der Waals surface area contributed by atoms with Gasteiger partial charge in [-0.15, -0.1) is 0 Å². The molecule has 0 aliphatic heterocycles. The normalized spacial score (nSPS) is 7.09. The molecule has 0 aliphatic rings. The Kier molecular flexibility index (Phi) is 6.12. The third kappa shape index (κ3) is 5.92. The molecule has 2 aromatic carbocycles. The van der Waals surface area contributed by atoms with Crippen LogP contribution < -0.4 is 0 Å². The van der Waals surface area contributed by atoms with Gasteiger partial charge in [-0.25, -0.2) is 0 Å². The molecule has 0 unspecified atom stereocenters. The van der Waals surface area contributed by atoms with E-state index in [1.54, 1.807) is 0 Å². The largest absolute Gasteiger partial charge is 0.0622 e. The first-order valence-corrected chi connectivity index (χ1v) is 6.57. The lowest BCUT2D eigenvalue weighted by atomic mass is 10.2. The summed E-state index contributed by atoms with van der Waals surface area (Å²) < 4.78 is 0. The van der Waals surface area contributed by atoms with Gasteiger partial charge in [0.05, 0.1) is 0 Å². The summed E-state index contributed by atoms with van der Waals surface area (Å²) >= 11 is 0. The lowest BCUT2D eigenvalue weighted by Gasteiger charge is -1.83. The van der Waals surface area contributed by atoms with Crippen LogP contribution in [0.1, 0.15) is 11.1 Å². The van der Waals surface area contributed by atoms with Crippen LogP contribution >= 0.6 is 0 Å². The van der Waals surface area contributed by atoms with Gasteiger partial charge in [0.25, 0.3) is 0 Å². The van der Waals surface area contributed by atoms with E-state index in [2.05, 4.69) is 59.2 Å². The molecule has 0 heteroatoms. The van der Waals surface area contributed by atoms with E-state index in [0.29, 0.717) is 0 Å². The van der Waals surface area contributed by atoms with E-state index in [9.17, 15) is 0 Å². The molecule has 22 heavy (non-hydrogen) atoms. The average molecular weight is 274 g/mol. The van der Waals surface area contributed by atoms with Crippen molar-refractivity contribution in [2.24, 2.45) is 0 Å². The molecular weight excluding hydrogens is 264 g/mol. The molecule has 0 nitrogen and oxygen atoms in total. The molecular formula is C22H10. The Hall–Kier alpha value is -3.76. The van der Waals surface area contributed by atoms with Crippen molar-refractivity contribution in [1.82, 2.24) is 0 Å². The Morgan fingerprint density at radius 3 is 1.05 bits per heavy atom. The van der Waals surface area contributed by atoms with Crippen LogP contribution in [-0.4, -0.2) is 0 Å². The second-order valence-electron chi connectivity index (χ2n) is 3.98. The summed E-state index contributed by atoms with van der Waals surface area (Å²) in [6, 6.07) is 19.3. The summed E-state index contributed by atoms with van der Waals surface area (Å²) in [5.41, 5.74) is 1.86. The Morgan fingerprint density at radius 1 is 0.364 bits per heavy atom. The third-order valence-electron chi connectivity index (χ3n) is 2.40. The summed E-state index contributed by atoms with van der Waals surface area (Å²) in [6.45, 7) is 0. The Morgan fingerprint density at radius 2 is 0.682 bits per heavy atom. The van der Waals surface area contributed by atoms with E-state index in [1.165, 1.54) is 0 Å². The summed E-state index contributed by atoms with van der Waals surface area (Å²) in [6.07, 6.45) is 0. The van der Waals surface area contributed by atoms with Crippen LogP contribution in [0.4, 0.5) is 0 Å². The summed E-state index contributed by atoms with van der Waals surface area (Å²) in [7, 11) is 0. The maximum atomic E-state index is 2.92. The first-order chi connectivity index (χ1) is 10.9. The van der Waals surface area contributed by atoms with Gasteiger partial charge in [-0.2, -0.15) is 0 Å². The highest BCUT2D eigenvalue weighted by Crippen LogP contribution is 1.94. The summed E-state index contributed by atoms with van der Waals surface area (Å²) in [5, 5.41) is 0. The number of hydrogen-bond acceptors (Lipinski definition) is 0. The van der Waals surface area contributed by atoms with Crippen LogP contribution in [-0.2, 0) is 0 Å². The predicted octanol–water partition coefficient (Wildman–Crippen LogP) is 3.10. The number of hydrogen-bond donors (Lipinski definition) is 0. The molecule has 0 radical (unpaired) electrons. The minimum Gasteiger partial charge on any atom is -0.0622 e. The van der Waals surface area contributed by atoms with Crippen molar-refractivity contribution in [1.29, 1.82) is 0 Å². The second-order valence-corrected chi connectivity index (χ2v) is 3.98. The fourth-order valence-corrected chi connectivity index (χ4v) is 1.44. The quantitative estimate of drug-likeness (QED) is 0.648. The van der Waals surface area contributed by atoms with Gasteiger partial charge < -0.3 is 0 Å². The van der Waals surface area contributed by atoms with E-state index in [-0.39, 0.29) is 0 Å². The molecule has 2 aromatic rings. The van der Waals surface area contributed by atoms with Crippen molar-refractivity contribution in [2.75, 3.05) is 0 Å². The van der Waals surface area contributed by atoms with E-state index in [1.807, 2.05) is 60.7 Å². The van der Waals surface area contributed by atoms with E-state index < -0.39 is 0 Å². The molecule has 0 heterocycles. The molecule has 2 rings (SSSR count). The number of rotatable bonds is 0. The zero-order valence-electron chi connectivity index (χ0n) is 11.8. The standard InChI is InChI=1S/C22H10/c1(3-5-9-15-21-17-11-7-12-18-21)2-4-6-10-16-22-19-13-8-14-20-22/h7-8,11-14,17-20H. The molecule has 0 saturated heterocycles. The van der Waals surface area contributed by atoms with Crippen molar-refractivity contribution in [3.05, 3.63) is 71.8 Å². The second kappa shape index (κ2) is 9.19. The molecule has 0 saturated carbocycles. The molecule has 0 bridgehead atoms. The average Bonchev–Trinajstić information content (AvgIpc) is 2.58. The van der Waals surface area contributed by atoms with Gasteiger partial charge >= 0.3 is 0 Å². The van der Waals surface area contributed by atoms with Crippen LogP contribution in [0.15, 0.2) is 60.7 Å². The first-order valence-electron chi connectivity index (χ1n) is 6.57. The van der Waals surface area contributed by atoms with Gasteiger partial charge in [0, 0.05) is 11.1 Å². The van der Waals surface area contributed by atoms with Crippen molar-refractivity contribution >= 4 is 0 Å². The monoisotopic (exact) mass is 274 g/mol. The van der Waals surface area contributed by atoms with Crippen LogP contribution in [0.25, 0.3) is 0 Å². The van der Waals surface area contributed by atoms with Gasteiger partial charge in [-0.3, -0.25) is 0 Å². The molecule has 98 valence electrons. The van der Waals surface area contributed by atoms with Crippen molar-refractivity contribution in [3.8, 4) is 59.2 Å². The molecule has 0 aromatic heterocycles. The van der Waals surface area contributed by atoms with Crippen LogP contribution in [0.5, 0.6) is 0 Å². The first kappa shape index (κ1) is 14.6. The Balaban J connectivity index is 1.87. The minimum atomic E-state index is 0.931. The van der Waals surface area contributed by atoms with Gasteiger partial charge in [0.15, 0.2) is 0 Å². The maximum absolute atomic E-state index is 2.92. The van der Waals surface area contributed by atoms with Gasteiger partial charge in [-0.1, -0.05) is 48.2 Å². The van der Waals surface area contributed by atoms with Gasteiger partial charge in [0.2, 0.25) is 0 Å². The molecule has 0 fully saturated rings. The topological polar surface area (TPSA) is 0 Å². The lowest BCUT2D eigenvalue weighted by molar-refractivity contribution is 1.65.